The summed E-state index contributed by atoms with van der Waals surface area (Å²) < 4.78 is 1.91. The maximum Gasteiger partial charge on any atom is 0.290 e. The maximum absolute atomic E-state index is 13.6. The summed E-state index contributed by atoms with van der Waals surface area (Å²) in [4.78, 5) is 39.5. The Morgan fingerprint density at radius 1 is 1.06 bits per heavy atom. The Hall–Kier alpha value is -3.22. The number of hydrogen-bond donors (Lipinski definition) is 0. The average molecular weight is 472 g/mol. The zero-order valence-corrected chi connectivity index (χ0v) is 20.6. The second-order valence-electron chi connectivity index (χ2n) is 10.7. The summed E-state index contributed by atoms with van der Waals surface area (Å²) in [6.45, 7) is 3.60. The van der Waals surface area contributed by atoms with Gasteiger partial charge in [0, 0.05) is 49.7 Å². The molecular formula is C28H33N5O2. The van der Waals surface area contributed by atoms with Crippen LogP contribution in [0.4, 0.5) is 0 Å². The molecule has 3 aliphatic rings. The fourth-order valence-electron chi connectivity index (χ4n) is 5.84. The topological polar surface area (TPSA) is 71.3 Å². The Morgan fingerprint density at radius 2 is 1.86 bits per heavy atom. The Balaban J connectivity index is 1.29. The van der Waals surface area contributed by atoms with Gasteiger partial charge in [0.1, 0.15) is 6.54 Å². The lowest BCUT2D eigenvalue weighted by molar-refractivity contribution is -0.138. The minimum Gasteiger partial charge on any atom is -0.336 e. The number of fused-ring (bicyclic) bond motifs is 1. The van der Waals surface area contributed by atoms with Gasteiger partial charge in [-0.25, -0.2) is 4.98 Å². The first kappa shape index (κ1) is 22.3. The lowest BCUT2D eigenvalue weighted by atomic mass is 9.86. The van der Waals surface area contributed by atoms with Crippen molar-refractivity contribution in [3.63, 3.8) is 0 Å². The number of carbonyl (C=O) groups excluding carboxylic acids is 2. The normalized spacial score (nSPS) is 23.2. The van der Waals surface area contributed by atoms with Crippen molar-refractivity contribution in [2.24, 2.45) is 13.0 Å². The third kappa shape index (κ3) is 4.11. The number of aryl methyl sites for hydroxylation is 1. The van der Waals surface area contributed by atoms with Gasteiger partial charge in [-0.2, -0.15) is 0 Å². The molecule has 2 saturated carbocycles. The molecule has 182 valence electrons. The lowest BCUT2D eigenvalue weighted by Crippen LogP contribution is -2.56. The van der Waals surface area contributed by atoms with Crippen LogP contribution in [0.1, 0.15) is 67.5 Å². The molecule has 0 atom stereocenters. The third-order valence-corrected chi connectivity index (χ3v) is 8.19. The molecule has 0 unspecified atom stereocenters. The number of pyridine rings is 1. The molecule has 3 heterocycles. The third-order valence-electron chi connectivity index (χ3n) is 8.19. The highest BCUT2D eigenvalue weighted by atomic mass is 16.2. The Morgan fingerprint density at radius 3 is 2.54 bits per heavy atom. The predicted molar refractivity (Wildman–Crippen MR) is 135 cm³/mol. The van der Waals surface area contributed by atoms with E-state index in [-0.39, 0.29) is 18.4 Å². The van der Waals surface area contributed by atoms with Gasteiger partial charge >= 0.3 is 0 Å². The molecule has 1 aromatic carbocycles. The highest BCUT2D eigenvalue weighted by Gasteiger charge is 2.35. The molecule has 2 amide bonds. The van der Waals surface area contributed by atoms with Gasteiger partial charge in [-0.3, -0.25) is 14.6 Å². The summed E-state index contributed by atoms with van der Waals surface area (Å²) >= 11 is 0. The molecule has 1 saturated heterocycles. The largest absolute Gasteiger partial charge is 0.336 e. The molecule has 0 N–H and O–H groups in total. The van der Waals surface area contributed by atoms with Crippen LogP contribution in [0.15, 0.2) is 36.7 Å². The van der Waals surface area contributed by atoms with Crippen molar-refractivity contribution < 1.29 is 9.59 Å². The van der Waals surface area contributed by atoms with E-state index in [2.05, 4.69) is 24.0 Å². The molecule has 2 aliphatic carbocycles. The van der Waals surface area contributed by atoms with Crippen LogP contribution in [-0.2, 0) is 11.8 Å². The van der Waals surface area contributed by atoms with Crippen LogP contribution in [0.5, 0.6) is 0 Å². The van der Waals surface area contributed by atoms with E-state index in [0.29, 0.717) is 30.9 Å². The SMILES string of the molecule is CC1CCC(N2CCN(C(=O)c3nc4c(-c5cccnc5)cc(C5CC5)cc4n3C)CC2=O)CC1. The smallest absolute Gasteiger partial charge is 0.290 e. The minimum absolute atomic E-state index is 0.0648. The van der Waals surface area contributed by atoms with E-state index in [4.69, 9.17) is 4.98 Å². The molecule has 7 nitrogen and oxygen atoms in total. The van der Waals surface area contributed by atoms with Crippen LogP contribution in [0.2, 0.25) is 0 Å². The van der Waals surface area contributed by atoms with Crippen LogP contribution in [-0.4, -0.2) is 61.8 Å². The van der Waals surface area contributed by atoms with Gasteiger partial charge in [0.05, 0.1) is 11.0 Å². The molecule has 6 rings (SSSR count). The van der Waals surface area contributed by atoms with E-state index in [1.165, 1.54) is 31.2 Å². The van der Waals surface area contributed by atoms with Gasteiger partial charge in [0.2, 0.25) is 5.91 Å². The van der Waals surface area contributed by atoms with Crippen molar-refractivity contribution in [3.05, 3.63) is 48.0 Å². The van der Waals surface area contributed by atoms with Crippen molar-refractivity contribution in [1.29, 1.82) is 0 Å². The highest BCUT2D eigenvalue weighted by molar-refractivity contribution is 6.00. The molecule has 3 aromatic rings. The van der Waals surface area contributed by atoms with Gasteiger partial charge < -0.3 is 14.4 Å². The van der Waals surface area contributed by atoms with Gasteiger partial charge in [-0.05, 0) is 74.1 Å². The Kier molecular flexibility index (Phi) is 5.58. The summed E-state index contributed by atoms with van der Waals surface area (Å²) in [7, 11) is 1.91. The fourth-order valence-corrected chi connectivity index (χ4v) is 5.84. The molecular weight excluding hydrogens is 438 g/mol. The van der Waals surface area contributed by atoms with E-state index in [0.717, 1.165) is 40.9 Å². The quantitative estimate of drug-likeness (QED) is 0.566. The number of rotatable bonds is 4. The molecule has 0 spiro atoms. The first-order chi connectivity index (χ1) is 17.0. The van der Waals surface area contributed by atoms with Crippen molar-refractivity contribution in [1.82, 2.24) is 24.3 Å². The number of amides is 2. The number of hydrogen-bond acceptors (Lipinski definition) is 4. The van der Waals surface area contributed by atoms with Gasteiger partial charge in [0.15, 0.2) is 5.82 Å². The summed E-state index contributed by atoms with van der Waals surface area (Å²) in [6.07, 6.45) is 10.5. The number of aromatic nitrogens is 3. The molecule has 0 radical (unpaired) electrons. The number of imidazole rings is 1. The maximum atomic E-state index is 13.6. The van der Waals surface area contributed by atoms with Crippen LogP contribution >= 0.6 is 0 Å². The van der Waals surface area contributed by atoms with E-state index in [1.54, 1.807) is 11.1 Å². The van der Waals surface area contributed by atoms with E-state index < -0.39 is 0 Å². The van der Waals surface area contributed by atoms with Gasteiger partial charge in [-0.1, -0.05) is 13.0 Å². The Bertz CT molecular complexity index is 1270. The van der Waals surface area contributed by atoms with Crippen LogP contribution in [0.3, 0.4) is 0 Å². The van der Waals surface area contributed by atoms with Crippen molar-refractivity contribution in [2.75, 3.05) is 19.6 Å². The second-order valence-corrected chi connectivity index (χ2v) is 10.7. The highest BCUT2D eigenvalue weighted by Crippen LogP contribution is 2.43. The summed E-state index contributed by atoms with van der Waals surface area (Å²) in [5.41, 5.74) is 5.08. The number of piperazine rings is 1. The van der Waals surface area contributed by atoms with E-state index in [9.17, 15) is 9.59 Å². The molecule has 0 bridgehead atoms. The number of benzene rings is 1. The average Bonchev–Trinajstić information content (AvgIpc) is 3.68. The molecule has 1 aliphatic heterocycles. The predicted octanol–water partition coefficient (Wildman–Crippen LogP) is 4.38. The Labute approximate surface area is 206 Å². The molecule has 35 heavy (non-hydrogen) atoms. The lowest BCUT2D eigenvalue weighted by Gasteiger charge is -2.41. The van der Waals surface area contributed by atoms with Crippen LogP contribution in [0, 0.1) is 5.92 Å². The van der Waals surface area contributed by atoms with Crippen molar-refractivity contribution in [3.8, 4) is 11.1 Å². The van der Waals surface area contributed by atoms with Gasteiger partial charge in [-0.15, -0.1) is 0 Å². The first-order valence-corrected chi connectivity index (χ1v) is 13.0. The van der Waals surface area contributed by atoms with Crippen LogP contribution in [0.25, 0.3) is 22.2 Å². The van der Waals surface area contributed by atoms with E-state index in [1.807, 2.05) is 34.8 Å². The van der Waals surface area contributed by atoms with Gasteiger partial charge in [0.25, 0.3) is 5.91 Å². The molecule has 3 fully saturated rings. The standard InChI is InChI=1S/C28H33N5O2/c1-18-5-9-22(10-6-18)33-13-12-32(17-25(33)34)28(35)27-30-26-23(20-4-3-11-29-16-20)14-21(19-7-8-19)15-24(26)31(27)2/h3-4,11,14-16,18-19,22H,5-10,12-13,17H2,1-2H3. The zero-order valence-electron chi connectivity index (χ0n) is 20.6. The van der Waals surface area contributed by atoms with Crippen LogP contribution < -0.4 is 0 Å². The second kappa shape index (κ2) is 8.77. The number of carbonyl (C=O) groups is 2. The molecule has 7 heteroatoms. The zero-order chi connectivity index (χ0) is 24.1. The van der Waals surface area contributed by atoms with E-state index >= 15 is 0 Å². The first-order valence-electron chi connectivity index (χ1n) is 13.0. The summed E-state index contributed by atoms with van der Waals surface area (Å²) in [5.74, 6) is 1.62. The minimum atomic E-state index is -0.168. The number of nitrogens with zero attached hydrogens (tertiary/aromatic N) is 5. The van der Waals surface area contributed by atoms with Crippen molar-refractivity contribution >= 4 is 22.8 Å². The monoisotopic (exact) mass is 471 g/mol. The molecule has 2 aromatic heterocycles. The fraction of sp³-hybridized carbons (Fsp3) is 0.500. The summed E-state index contributed by atoms with van der Waals surface area (Å²) in [6, 6.07) is 8.70. The summed E-state index contributed by atoms with van der Waals surface area (Å²) in [5, 5.41) is 0. The van der Waals surface area contributed by atoms with Crippen molar-refractivity contribution in [2.45, 2.75) is 57.4 Å².